The summed E-state index contributed by atoms with van der Waals surface area (Å²) in [7, 11) is -2.36. The second-order valence-electron chi connectivity index (χ2n) is 4.33. The summed E-state index contributed by atoms with van der Waals surface area (Å²) in [5.41, 5.74) is 0. The van der Waals surface area contributed by atoms with E-state index >= 15 is 0 Å². The predicted octanol–water partition coefficient (Wildman–Crippen LogP) is 1.48. The number of ether oxygens (including phenoxy) is 1. The van der Waals surface area contributed by atoms with Gasteiger partial charge in [0, 0.05) is 0 Å². The van der Waals surface area contributed by atoms with Crippen molar-refractivity contribution in [3.05, 3.63) is 24.3 Å². The average Bonchev–Trinajstić information content (AvgIpc) is 2.26. The van der Waals surface area contributed by atoms with Gasteiger partial charge >= 0.3 is 5.97 Å². The van der Waals surface area contributed by atoms with Crippen LogP contribution in [0.3, 0.4) is 0 Å². The minimum Gasteiger partial charge on any atom is -0.497 e. The highest BCUT2D eigenvalue weighted by molar-refractivity contribution is 7.93. The molecule has 5 nitrogen and oxygen atoms in total. The highest BCUT2D eigenvalue weighted by Gasteiger charge is 2.56. The lowest BCUT2D eigenvalue weighted by molar-refractivity contribution is -0.142. The number of sulfone groups is 1. The van der Waals surface area contributed by atoms with Gasteiger partial charge in [-0.1, -0.05) is 0 Å². The lowest BCUT2D eigenvalue weighted by Crippen LogP contribution is -2.51. The molecule has 0 bridgehead atoms. The number of carboxylic acids is 1. The fourth-order valence-corrected chi connectivity index (χ4v) is 4.08. The molecule has 1 aromatic carbocycles. The van der Waals surface area contributed by atoms with Gasteiger partial charge in [0.05, 0.1) is 12.0 Å². The molecule has 0 spiro atoms. The highest BCUT2D eigenvalue weighted by atomic mass is 32.2. The van der Waals surface area contributed by atoms with Gasteiger partial charge in [-0.3, -0.25) is 4.79 Å². The molecular formula is C12H14O5S. The monoisotopic (exact) mass is 270 g/mol. The summed E-state index contributed by atoms with van der Waals surface area (Å²) in [6.07, 6.45) is 0.981. The molecule has 0 heterocycles. The van der Waals surface area contributed by atoms with Crippen LogP contribution in [0, 0.1) is 0 Å². The van der Waals surface area contributed by atoms with Gasteiger partial charge in [-0.15, -0.1) is 0 Å². The molecule has 0 unspecified atom stereocenters. The number of hydrogen-bond donors (Lipinski definition) is 1. The van der Waals surface area contributed by atoms with E-state index in [1.807, 2.05) is 0 Å². The van der Waals surface area contributed by atoms with Crippen LogP contribution in [0.5, 0.6) is 5.75 Å². The van der Waals surface area contributed by atoms with E-state index in [0.29, 0.717) is 12.2 Å². The lowest BCUT2D eigenvalue weighted by atomic mass is 9.84. The van der Waals surface area contributed by atoms with E-state index in [9.17, 15) is 18.3 Å². The zero-order valence-electron chi connectivity index (χ0n) is 9.92. The molecule has 0 aromatic heterocycles. The van der Waals surface area contributed by atoms with Crippen LogP contribution in [-0.2, 0) is 14.6 Å². The first-order chi connectivity index (χ1) is 8.44. The molecule has 1 N–H and O–H groups in total. The Morgan fingerprint density at radius 3 is 2.17 bits per heavy atom. The number of rotatable bonds is 4. The second-order valence-corrected chi connectivity index (χ2v) is 6.59. The minimum atomic E-state index is -3.84. The van der Waals surface area contributed by atoms with Crippen molar-refractivity contribution in [3.63, 3.8) is 0 Å². The summed E-state index contributed by atoms with van der Waals surface area (Å²) in [5.74, 6) is -0.725. The molecule has 0 amide bonds. The molecular weight excluding hydrogens is 256 g/mol. The van der Waals surface area contributed by atoms with Crippen molar-refractivity contribution in [1.82, 2.24) is 0 Å². The maximum absolute atomic E-state index is 12.4. The Hall–Kier alpha value is -1.56. The first-order valence-corrected chi connectivity index (χ1v) is 7.04. The normalized spacial score (nSPS) is 17.8. The van der Waals surface area contributed by atoms with Crippen molar-refractivity contribution in [2.24, 2.45) is 0 Å². The van der Waals surface area contributed by atoms with Crippen molar-refractivity contribution in [1.29, 1.82) is 0 Å². The standard InChI is InChI=1S/C12H14O5S/c1-17-9-3-5-10(6-4-9)18(15,16)12(11(13)14)7-2-8-12/h3-6H,2,7-8H2,1H3,(H,13,14). The molecule has 1 aliphatic carbocycles. The van der Waals surface area contributed by atoms with Gasteiger partial charge < -0.3 is 9.84 Å². The number of methoxy groups -OCH3 is 1. The Bertz CT molecular complexity index is 555. The van der Waals surface area contributed by atoms with Gasteiger partial charge in [-0.25, -0.2) is 8.42 Å². The zero-order valence-corrected chi connectivity index (χ0v) is 10.7. The molecule has 0 aliphatic heterocycles. The van der Waals surface area contributed by atoms with Crippen molar-refractivity contribution in [3.8, 4) is 5.75 Å². The van der Waals surface area contributed by atoms with Crippen molar-refractivity contribution < 1.29 is 23.1 Å². The van der Waals surface area contributed by atoms with Crippen molar-refractivity contribution >= 4 is 15.8 Å². The summed E-state index contributed by atoms with van der Waals surface area (Å²) in [4.78, 5) is 11.3. The summed E-state index contributed by atoms with van der Waals surface area (Å²) in [5, 5.41) is 9.18. The van der Waals surface area contributed by atoms with Gasteiger partial charge in [0.1, 0.15) is 5.75 Å². The number of hydrogen-bond acceptors (Lipinski definition) is 4. The van der Waals surface area contributed by atoms with E-state index in [2.05, 4.69) is 0 Å². The Balaban J connectivity index is 2.44. The van der Waals surface area contributed by atoms with Crippen LogP contribution in [0.15, 0.2) is 29.2 Å². The topological polar surface area (TPSA) is 80.7 Å². The van der Waals surface area contributed by atoms with Crippen LogP contribution in [0.1, 0.15) is 19.3 Å². The molecule has 1 saturated carbocycles. The van der Waals surface area contributed by atoms with Gasteiger partial charge in [0.15, 0.2) is 14.6 Å². The largest absolute Gasteiger partial charge is 0.497 e. The molecule has 0 atom stereocenters. The molecule has 0 saturated heterocycles. The molecule has 1 fully saturated rings. The summed E-state index contributed by atoms with van der Waals surface area (Å²) in [6, 6.07) is 5.80. The SMILES string of the molecule is COc1ccc(S(=O)(=O)C2(C(=O)O)CCC2)cc1. The van der Waals surface area contributed by atoms with Gasteiger partial charge in [-0.05, 0) is 43.5 Å². The Morgan fingerprint density at radius 1 is 1.28 bits per heavy atom. The van der Waals surface area contributed by atoms with Crippen molar-refractivity contribution in [2.75, 3.05) is 7.11 Å². The minimum absolute atomic E-state index is 0.0328. The van der Waals surface area contributed by atoms with E-state index in [1.54, 1.807) is 0 Å². The fraction of sp³-hybridized carbons (Fsp3) is 0.417. The summed E-state index contributed by atoms with van der Waals surface area (Å²) < 4.78 is 28.0. The van der Waals surface area contributed by atoms with Crippen LogP contribution in [0.4, 0.5) is 0 Å². The maximum Gasteiger partial charge on any atom is 0.325 e. The molecule has 18 heavy (non-hydrogen) atoms. The van der Waals surface area contributed by atoms with Gasteiger partial charge in [0.25, 0.3) is 0 Å². The van der Waals surface area contributed by atoms with E-state index in [-0.39, 0.29) is 17.7 Å². The maximum atomic E-state index is 12.4. The Labute approximate surface area is 105 Å². The third-order valence-corrected chi connectivity index (χ3v) is 5.94. The molecule has 2 rings (SSSR count). The smallest absolute Gasteiger partial charge is 0.325 e. The zero-order chi connectivity index (χ0) is 13.4. The lowest BCUT2D eigenvalue weighted by Gasteiger charge is -2.36. The first-order valence-electron chi connectivity index (χ1n) is 5.56. The Morgan fingerprint density at radius 2 is 1.83 bits per heavy atom. The molecule has 1 aromatic rings. The Kier molecular flexibility index (Phi) is 3.06. The van der Waals surface area contributed by atoms with Crippen LogP contribution in [0.2, 0.25) is 0 Å². The third-order valence-electron chi connectivity index (χ3n) is 3.44. The van der Waals surface area contributed by atoms with Gasteiger partial charge in [0.2, 0.25) is 0 Å². The number of benzene rings is 1. The number of carbonyl (C=O) groups is 1. The number of carboxylic acid groups (broad SMARTS) is 1. The quantitative estimate of drug-likeness (QED) is 0.896. The molecule has 6 heteroatoms. The van der Waals surface area contributed by atoms with Crippen LogP contribution in [0.25, 0.3) is 0 Å². The number of aliphatic carboxylic acids is 1. The van der Waals surface area contributed by atoms with E-state index < -0.39 is 20.6 Å². The van der Waals surface area contributed by atoms with E-state index in [4.69, 9.17) is 4.74 Å². The van der Waals surface area contributed by atoms with Crippen LogP contribution >= 0.6 is 0 Å². The molecule has 0 radical (unpaired) electrons. The van der Waals surface area contributed by atoms with E-state index in [0.717, 1.165) is 0 Å². The second kappa shape index (κ2) is 4.28. The van der Waals surface area contributed by atoms with Crippen molar-refractivity contribution in [2.45, 2.75) is 28.9 Å². The summed E-state index contributed by atoms with van der Waals surface area (Å²) in [6.45, 7) is 0. The van der Waals surface area contributed by atoms with Gasteiger partial charge in [-0.2, -0.15) is 0 Å². The molecule has 98 valence electrons. The van der Waals surface area contributed by atoms with E-state index in [1.165, 1.54) is 31.4 Å². The van der Waals surface area contributed by atoms with Crippen LogP contribution in [-0.4, -0.2) is 31.4 Å². The first kappa shape index (κ1) is 12.9. The van der Waals surface area contributed by atoms with Crippen LogP contribution < -0.4 is 4.74 Å². The molecule has 1 aliphatic rings. The summed E-state index contributed by atoms with van der Waals surface area (Å²) >= 11 is 0. The third kappa shape index (κ3) is 1.68. The predicted molar refractivity (Wildman–Crippen MR) is 64.4 cm³/mol. The highest BCUT2D eigenvalue weighted by Crippen LogP contribution is 2.43. The fourth-order valence-electron chi connectivity index (χ4n) is 2.08. The average molecular weight is 270 g/mol.